The molecule has 0 saturated heterocycles. The minimum atomic E-state index is -3.06. The second kappa shape index (κ2) is 12.7. The number of hydrogen-bond acceptors (Lipinski definition) is 6. The molecule has 14 nitrogen and oxygen atoms in total. The number of nitrogens with zero attached hydrogens (tertiary/aromatic N) is 14. The highest BCUT2D eigenvalue weighted by atomic mass is 32.5. The fourth-order valence-corrected chi connectivity index (χ4v) is 5.89. The first-order chi connectivity index (χ1) is 18.1. The highest BCUT2D eigenvalue weighted by molar-refractivity contribution is 8.11. The Morgan fingerprint density at radius 3 is 1.11 bits per heavy atom. The van der Waals surface area contributed by atoms with Crippen molar-refractivity contribution in [3.63, 3.8) is 0 Å². The summed E-state index contributed by atoms with van der Waals surface area (Å²) < 4.78 is 5.78. The molecule has 0 radical (unpaired) electrons. The van der Waals surface area contributed by atoms with E-state index in [1.807, 2.05) is 48.5 Å². The Morgan fingerprint density at radius 1 is 0.605 bits per heavy atom. The summed E-state index contributed by atoms with van der Waals surface area (Å²) in [6, 6.07) is 14.8. The lowest BCUT2D eigenvalue weighted by Gasteiger charge is -2.31. The molecular weight excluding hydrogens is 562 g/mol. The van der Waals surface area contributed by atoms with E-state index in [9.17, 15) is 11.1 Å². The molecule has 0 spiro atoms. The van der Waals surface area contributed by atoms with Gasteiger partial charge in [-0.15, -0.1) is 0 Å². The predicted molar refractivity (Wildman–Crippen MR) is 161 cm³/mol. The van der Waals surface area contributed by atoms with Crippen molar-refractivity contribution in [1.29, 1.82) is 0 Å². The highest BCUT2D eigenvalue weighted by Gasteiger charge is 2.26. The molecule has 3 rings (SSSR count). The van der Waals surface area contributed by atoms with Crippen LogP contribution in [0.5, 0.6) is 0 Å². The van der Waals surface area contributed by atoms with Crippen LogP contribution in [0.4, 0.5) is 0 Å². The third-order valence-electron chi connectivity index (χ3n) is 5.14. The Bertz CT molecular complexity index is 1300. The van der Waals surface area contributed by atoms with Crippen LogP contribution in [0.2, 0.25) is 0 Å². The van der Waals surface area contributed by atoms with Crippen LogP contribution >= 0.6 is 13.0 Å². The summed E-state index contributed by atoms with van der Waals surface area (Å²) in [7, 11) is 6.56. The zero-order valence-electron chi connectivity index (χ0n) is 20.9. The molecule has 0 aromatic heterocycles. The number of azide groups is 2. The molecule has 0 unspecified atom stereocenters. The Hall–Kier alpha value is -3.76. The van der Waals surface area contributed by atoms with Gasteiger partial charge in [0.15, 0.2) is 0 Å². The minimum Gasteiger partial charge on any atom is -0.247 e. The second-order valence-electron chi connectivity index (χ2n) is 7.66. The summed E-state index contributed by atoms with van der Waals surface area (Å²) >= 11 is 11.4. The van der Waals surface area contributed by atoms with Crippen molar-refractivity contribution in [3.05, 3.63) is 91.7 Å². The fraction of sp³-hybridized carbons (Fsp3) is 0.200. The lowest BCUT2D eigenvalue weighted by atomic mass is 10.1. The average molecular weight is 587 g/mol. The number of rotatable bonds is 2. The molecule has 1 heterocycles. The monoisotopic (exact) mass is 586 g/mol. The predicted octanol–water partition coefficient (Wildman–Crippen LogP) is 5.53. The molecule has 0 N–H and O–H groups in total. The lowest BCUT2D eigenvalue weighted by molar-refractivity contribution is 0.497. The molecule has 1 aliphatic rings. The molecule has 0 saturated carbocycles. The van der Waals surface area contributed by atoms with Crippen molar-refractivity contribution < 1.29 is 0 Å². The van der Waals surface area contributed by atoms with Gasteiger partial charge in [0.05, 0.1) is 24.9 Å². The van der Waals surface area contributed by atoms with Crippen molar-refractivity contribution >= 4 is 61.5 Å². The van der Waals surface area contributed by atoms with Gasteiger partial charge < -0.3 is 0 Å². The second-order valence-corrected chi connectivity index (χ2v) is 15.3. The summed E-state index contributed by atoms with van der Waals surface area (Å²) in [5, 5.41) is 17.7. The van der Waals surface area contributed by atoms with Gasteiger partial charge in [0.25, 0.3) is 0 Å². The number of hydrazone groups is 4. The van der Waals surface area contributed by atoms with Crippen LogP contribution in [0.3, 0.4) is 0 Å². The van der Waals surface area contributed by atoms with Gasteiger partial charge in [-0.2, -0.15) is 20.4 Å². The standard InChI is InChI=1S/C20H24N14P2S2/c1-31-23-13-17-7-5-8-18(11-17)15-25-33(3)36(38,30-28-22)34(4)26-16-20-10-6-9-19(12-20)14-24-32(2)35(31,37)29-27-21/h5-16H,1-4H3/b23-13+,24-14+,25-15+,26-16+. The lowest BCUT2D eigenvalue weighted by Crippen LogP contribution is -2.19. The van der Waals surface area contributed by atoms with E-state index in [2.05, 4.69) is 40.0 Å². The zero-order valence-corrected chi connectivity index (χ0v) is 24.3. The van der Waals surface area contributed by atoms with E-state index in [-0.39, 0.29) is 0 Å². The molecule has 4 bridgehead atoms. The van der Waals surface area contributed by atoms with Crippen LogP contribution in [-0.4, -0.2) is 72.2 Å². The van der Waals surface area contributed by atoms with Gasteiger partial charge in [0.2, 0.25) is 13.0 Å². The van der Waals surface area contributed by atoms with Crippen LogP contribution in [0.15, 0.2) is 78.7 Å². The highest BCUT2D eigenvalue weighted by Crippen LogP contribution is 2.54. The van der Waals surface area contributed by atoms with Crippen molar-refractivity contribution in [1.82, 2.24) is 19.1 Å². The summed E-state index contributed by atoms with van der Waals surface area (Å²) in [5.41, 5.74) is 21.4. The van der Waals surface area contributed by atoms with Gasteiger partial charge in [0, 0.05) is 38.0 Å². The van der Waals surface area contributed by atoms with Gasteiger partial charge >= 0.3 is 0 Å². The van der Waals surface area contributed by atoms with Gasteiger partial charge in [-0.3, -0.25) is 0 Å². The number of hydrogen-bond donors (Lipinski definition) is 0. The summed E-state index contributed by atoms with van der Waals surface area (Å²) in [4.78, 5) is 13.7. The van der Waals surface area contributed by atoms with E-state index in [0.29, 0.717) is 0 Å². The first-order valence-electron chi connectivity index (χ1n) is 10.8. The summed E-state index contributed by atoms with van der Waals surface area (Å²) in [5.74, 6) is 0. The normalized spacial score (nSPS) is 25.4. The zero-order chi connectivity index (χ0) is 27.8. The minimum absolute atomic E-state index is 0.750. The maximum absolute atomic E-state index is 9.20. The number of benzene rings is 2. The molecule has 2 aromatic carbocycles. The molecule has 0 fully saturated rings. The Morgan fingerprint density at radius 2 is 0.868 bits per heavy atom. The molecule has 0 amide bonds. The Kier molecular flexibility index (Phi) is 9.60. The maximum Gasteiger partial charge on any atom is 0.242 e. The van der Waals surface area contributed by atoms with E-state index >= 15 is 0 Å². The van der Waals surface area contributed by atoms with Gasteiger partial charge in [-0.05, 0) is 78.8 Å². The third-order valence-corrected chi connectivity index (χ3v) is 12.5. The largest absolute Gasteiger partial charge is 0.247 e. The van der Waals surface area contributed by atoms with Gasteiger partial charge in [0.1, 0.15) is 0 Å². The SMILES string of the molecule is CN1/N=C/c2cccc(c2)/C=N/N(C)P(=S)(N=[N+]=[N-])N(C)/N=C/c2cccc(c2)/C=N/N(C)P1(=S)N=[N+]=[N-]. The smallest absolute Gasteiger partial charge is 0.242 e. The third kappa shape index (κ3) is 6.76. The van der Waals surface area contributed by atoms with Crippen LogP contribution < -0.4 is 0 Å². The van der Waals surface area contributed by atoms with Gasteiger partial charge in [-0.25, -0.2) is 19.1 Å². The molecule has 196 valence electrons. The van der Waals surface area contributed by atoms with Gasteiger partial charge in [-0.1, -0.05) is 36.4 Å². The van der Waals surface area contributed by atoms with E-state index in [1.165, 1.54) is 19.1 Å². The average Bonchev–Trinajstić information content (AvgIpc) is 2.92. The first kappa shape index (κ1) is 28.8. The molecular formula is C20H24N14P2S2. The molecule has 0 aliphatic carbocycles. The Balaban J connectivity index is 2.15. The van der Waals surface area contributed by atoms with E-state index in [1.54, 1.807) is 53.0 Å². The van der Waals surface area contributed by atoms with Crippen molar-refractivity contribution in [2.75, 3.05) is 28.2 Å². The van der Waals surface area contributed by atoms with E-state index < -0.39 is 13.0 Å². The first-order valence-corrected chi connectivity index (χ1v) is 16.1. The van der Waals surface area contributed by atoms with Crippen LogP contribution in [-0.2, 0) is 23.6 Å². The van der Waals surface area contributed by atoms with Crippen LogP contribution in [0.25, 0.3) is 20.9 Å². The Labute approximate surface area is 230 Å². The summed E-state index contributed by atoms with van der Waals surface area (Å²) in [6.45, 7) is -6.12. The quantitative estimate of drug-likeness (QED) is 0.195. The van der Waals surface area contributed by atoms with Crippen LogP contribution in [0.1, 0.15) is 22.3 Å². The van der Waals surface area contributed by atoms with Crippen molar-refractivity contribution in [2.24, 2.45) is 30.2 Å². The van der Waals surface area contributed by atoms with Crippen molar-refractivity contribution in [2.45, 2.75) is 0 Å². The fourth-order valence-electron chi connectivity index (χ4n) is 3.02. The molecule has 18 heteroatoms. The molecule has 2 aromatic rings. The van der Waals surface area contributed by atoms with Crippen molar-refractivity contribution in [3.8, 4) is 0 Å². The van der Waals surface area contributed by atoms with Crippen LogP contribution in [0, 0.1) is 0 Å². The maximum atomic E-state index is 9.20. The topological polar surface area (TPSA) is 160 Å². The number of fused-ring (bicyclic) bond motifs is 4. The summed E-state index contributed by atoms with van der Waals surface area (Å²) in [6.07, 6.45) is 6.39. The van der Waals surface area contributed by atoms with E-state index in [4.69, 9.17) is 23.6 Å². The molecule has 38 heavy (non-hydrogen) atoms. The molecule has 0 atom stereocenters. The molecule has 1 aliphatic heterocycles. The van der Waals surface area contributed by atoms with E-state index in [0.717, 1.165) is 22.3 Å².